The van der Waals surface area contributed by atoms with Crippen molar-refractivity contribution in [3.63, 3.8) is 0 Å². The van der Waals surface area contributed by atoms with Crippen LogP contribution in [0, 0.1) is 5.41 Å². The van der Waals surface area contributed by atoms with E-state index in [1.165, 1.54) is 5.56 Å². The molecule has 0 spiro atoms. The molecule has 1 heterocycles. The number of carbonyl (C=O) groups is 1. The summed E-state index contributed by atoms with van der Waals surface area (Å²) in [7, 11) is 1.88. The monoisotopic (exact) mass is 260 g/mol. The van der Waals surface area contributed by atoms with Crippen LogP contribution in [-0.4, -0.2) is 30.9 Å². The van der Waals surface area contributed by atoms with Crippen LogP contribution in [0.15, 0.2) is 18.2 Å². The van der Waals surface area contributed by atoms with Crippen LogP contribution in [-0.2, 0) is 6.42 Å². The second-order valence-electron chi connectivity index (χ2n) is 6.59. The average molecular weight is 260 g/mol. The number of para-hydroxylation sites is 1. The Morgan fingerprint density at radius 3 is 2.79 bits per heavy atom. The van der Waals surface area contributed by atoms with E-state index in [-0.39, 0.29) is 11.3 Å². The first kappa shape index (κ1) is 13.9. The van der Waals surface area contributed by atoms with Gasteiger partial charge in [0.05, 0.1) is 11.3 Å². The third-order valence-corrected chi connectivity index (χ3v) is 3.36. The number of nitrogens with zero attached hydrogens (tertiary/aromatic N) is 1. The fourth-order valence-corrected chi connectivity index (χ4v) is 2.68. The zero-order valence-electron chi connectivity index (χ0n) is 12.4. The highest BCUT2D eigenvalue weighted by Crippen LogP contribution is 2.27. The van der Waals surface area contributed by atoms with Crippen LogP contribution in [0.5, 0.6) is 0 Å². The average Bonchev–Trinajstić information content (AvgIpc) is 2.35. The predicted molar refractivity (Wildman–Crippen MR) is 79.7 cm³/mol. The highest BCUT2D eigenvalue weighted by Gasteiger charge is 2.22. The van der Waals surface area contributed by atoms with E-state index < -0.39 is 0 Å². The normalized spacial score (nSPS) is 14.5. The first-order chi connectivity index (χ1) is 8.88. The van der Waals surface area contributed by atoms with Gasteiger partial charge in [-0.05, 0) is 29.9 Å². The Kier molecular flexibility index (Phi) is 3.83. The summed E-state index contributed by atoms with van der Waals surface area (Å²) < 4.78 is 0. The Hall–Kier alpha value is -1.51. The van der Waals surface area contributed by atoms with Crippen molar-refractivity contribution in [2.24, 2.45) is 5.41 Å². The first-order valence-corrected chi connectivity index (χ1v) is 7.00. The maximum atomic E-state index is 12.6. The van der Waals surface area contributed by atoms with Crippen LogP contribution < -0.4 is 5.32 Å². The smallest absolute Gasteiger partial charge is 0.255 e. The molecule has 1 aliphatic heterocycles. The molecule has 104 valence electrons. The zero-order valence-corrected chi connectivity index (χ0v) is 12.4. The van der Waals surface area contributed by atoms with Crippen molar-refractivity contribution in [1.82, 2.24) is 4.90 Å². The van der Waals surface area contributed by atoms with Crippen LogP contribution in [0.4, 0.5) is 5.69 Å². The summed E-state index contributed by atoms with van der Waals surface area (Å²) in [4.78, 5) is 14.4. The fourth-order valence-electron chi connectivity index (χ4n) is 2.68. The molecule has 1 aliphatic rings. The van der Waals surface area contributed by atoms with E-state index in [0.29, 0.717) is 0 Å². The number of fused-ring (bicyclic) bond motifs is 1. The van der Waals surface area contributed by atoms with Gasteiger partial charge in [-0.2, -0.15) is 0 Å². The van der Waals surface area contributed by atoms with E-state index in [9.17, 15) is 4.79 Å². The van der Waals surface area contributed by atoms with Crippen LogP contribution in [0.2, 0.25) is 0 Å². The van der Waals surface area contributed by atoms with Crippen molar-refractivity contribution in [2.45, 2.75) is 33.6 Å². The molecule has 0 fully saturated rings. The summed E-state index contributed by atoms with van der Waals surface area (Å²) in [6.07, 6.45) is 2.20. The van der Waals surface area contributed by atoms with Gasteiger partial charge in [0, 0.05) is 20.1 Å². The van der Waals surface area contributed by atoms with E-state index in [0.717, 1.165) is 37.2 Å². The third kappa shape index (κ3) is 3.28. The van der Waals surface area contributed by atoms with E-state index in [1.54, 1.807) is 0 Å². The summed E-state index contributed by atoms with van der Waals surface area (Å²) in [5.41, 5.74) is 3.23. The third-order valence-electron chi connectivity index (χ3n) is 3.36. The molecular formula is C16H24N2O. The molecule has 0 saturated heterocycles. The van der Waals surface area contributed by atoms with Gasteiger partial charge in [0.15, 0.2) is 0 Å². The molecule has 0 aromatic heterocycles. The number of amides is 1. The standard InChI is InChI=1S/C16H24N2O/c1-16(2,3)11-18(4)15(19)13-9-5-7-12-8-6-10-17-14(12)13/h5,7,9,17H,6,8,10-11H2,1-4H3. The summed E-state index contributed by atoms with van der Waals surface area (Å²) in [6, 6.07) is 6.03. The molecule has 0 saturated carbocycles. The molecule has 0 bridgehead atoms. The molecule has 0 unspecified atom stereocenters. The quantitative estimate of drug-likeness (QED) is 0.886. The summed E-state index contributed by atoms with van der Waals surface area (Å²) in [5, 5.41) is 3.38. The number of aryl methyl sites for hydroxylation is 1. The topological polar surface area (TPSA) is 32.3 Å². The van der Waals surface area contributed by atoms with Crippen molar-refractivity contribution in [2.75, 3.05) is 25.5 Å². The number of hydrogen-bond donors (Lipinski definition) is 1. The lowest BCUT2D eigenvalue weighted by molar-refractivity contribution is 0.0746. The largest absolute Gasteiger partial charge is 0.384 e. The second-order valence-corrected chi connectivity index (χ2v) is 6.59. The van der Waals surface area contributed by atoms with Gasteiger partial charge in [-0.15, -0.1) is 0 Å². The van der Waals surface area contributed by atoms with Gasteiger partial charge >= 0.3 is 0 Å². The summed E-state index contributed by atoms with van der Waals surface area (Å²) >= 11 is 0. The highest BCUT2D eigenvalue weighted by molar-refractivity contribution is 6.00. The Bertz CT molecular complexity index is 474. The van der Waals surface area contributed by atoms with Crippen molar-refractivity contribution in [1.29, 1.82) is 0 Å². The lowest BCUT2D eigenvalue weighted by atomic mass is 9.95. The lowest BCUT2D eigenvalue weighted by Gasteiger charge is -2.28. The molecular weight excluding hydrogens is 236 g/mol. The molecule has 3 heteroatoms. The molecule has 1 amide bonds. The molecule has 1 aromatic rings. The first-order valence-electron chi connectivity index (χ1n) is 7.00. The van der Waals surface area contributed by atoms with Gasteiger partial charge in [0.25, 0.3) is 5.91 Å². The molecule has 19 heavy (non-hydrogen) atoms. The van der Waals surface area contributed by atoms with Gasteiger partial charge in [-0.3, -0.25) is 4.79 Å². The Balaban J connectivity index is 2.24. The fraction of sp³-hybridized carbons (Fsp3) is 0.562. The van der Waals surface area contributed by atoms with Gasteiger partial charge in [-0.1, -0.05) is 32.9 Å². The minimum absolute atomic E-state index is 0.112. The zero-order chi connectivity index (χ0) is 14.0. The van der Waals surface area contributed by atoms with Crippen LogP contribution in [0.3, 0.4) is 0 Å². The molecule has 0 aliphatic carbocycles. The molecule has 1 aromatic carbocycles. The SMILES string of the molecule is CN(CC(C)(C)C)C(=O)c1cccc2c1NCCC2. The van der Waals surface area contributed by atoms with Crippen molar-refractivity contribution < 1.29 is 4.79 Å². The Labute approximate surface area is 116 Å². The maximum absolute atomic E-state index is 12.6. The minimum Gasteiger partial charge on any atom is -0.384 e. The number of nitrogens with one attached hydrogen (secondary N) is 1. The van der Waals surface area contributed by atoms with E-state index in [1.807, 2.05) is 24.1 Å². The van der Waals surface area contributed by atoms with Crippen LogP contribution in [0.25, 0.3) is 0 Å². The van der Waals surface area contributed by atoms with E-state index in [2.05, 4.69) is 32.2 Å². The van der Waals surface area contributed by atoms with E-state index in [4.69, 9.17) is 0 Å². The summed E-state index contributed by atoms with van der Waals surface area (Å²) in [5.74, 6) is 0.112. The minimum atomic E-state index is 0.112. The Morgan fingerprint density at radius 1 is 1.37 bits per heavy atom. The van der Waals surface area contributed by atoms with Crippen LogP contribution >= 0.6 is 0 Å². The number of rotatable bonds is 2. The number of benzene rings is 1. The number of anilines is 1. The van der Waals surface area contributed by atoms with E-state index >= 15 is 0 Å². The number of carbonyl (C=O) groups excluding carboxylic acids is 1. The lowest BCUT2D eigenvalue weighted by Crippen LogP contribution is -2.35. The molecule has 3 nitrogen and oxygen atoms in total. The maximum Gasteiger partial charge on any atom is 0.255 e. The summed E-state index contributed by atoms with van der Waals surface area (Å²) in [6.45, 7) is 8.16. The van der Waals surface area contributed by atoms with Crippen molar-refractivity contribution in [3.05, 3.63) is 29.3 Å². The van der Waals surface area contributed by atoms with Crippen molar-refractivity contribution >= 4 is 11.6 Å². The van der Waals surface area contributed by atoms with Gasteiger partial charge in [0.2, 0.25) is 0 Å². The molecule has 2 rings (SSSR count). The molecule has 1 N–H and O–H groups in total. The van der Waals surface area contributed by atoms with Gasteiger partial charge in [0.1, 0.15) is 0 Å². The van der Waals surface area contributed by atoms with Gasteiger partial charge < -0.3 is 10.2 Å². The Morgan fingerprint density at radius 2 is 2.11 bits per heavy atom. The number of hydrogen-bond acceptors (Lipinski definition) is 2. The second kappa shape index (κ2) is 5.24. The highest BCUT2D eigenvalue weighted by atomic mass is 16.2. The van der Waals surface area contributed by atoms with Crippen molar-refractivity contribution in [3.8, 4) is 0 Å². The van der Waals surface area contributed by atoms with Crippen LogP contribution in [0.1, 0.15) is 43.1 Å². The predicted octanol–water partition coefficient (Wildman–Crippen LogP) is 3.16. The molecule has 0 atom stereocenters. The van der Waals surface area contributed by atoms with Gasteiger partial charge in [-0.25, -0.2) is 0 Å². The molecule has 0 radical (unpaired) electrons.